The highest BCUT2D eigenvalue weighted by Gasteiger charge is 2.22. The third kappa shape index (κ3) is 4.74. The number of sulfonamides is 1. The molecule has 1 atom stereocenters. The molecule has 144 valence electrons. The highest BCUT2D eigenvalue weighted by molar-refractivity contribution is 7.89. The molecule has 1 fully saturated rings. The van der Waals surface area contributed by atoms with Crippen molar-refractivity contribution in [1.29, 1.82) is 0 Å². The number of piperazine rings is 1. The molecule has 1 N–H and O–H groups in total. The van der Waals surface area contributed by atoms with Crippen LogP contribution >= 0.6 is 0 Å². The van der Waals surface area contributed by atoms with Crippen LogP contribution in [0.5, 0.6) is 0 Å². The first-order chi connectivity index (χ1) is 12.9. The Morgan fingerprint density at radius 1 is 0.963 bits per heavy atom. The summed E-state index contributed by atoms with van der Waals surface area (Å²) in [5, 5.41) is 0. The molecule has 2 aromatic rings. The number of nitrogens with one attached hydrogen (secondary N) is 1. The van der Waals surface area contributed by atoms with Crippen LogP contribution in [0.2, 0.25) is 0 Å². The first-order valence-corrected chi connectivity index (χ1v) is 10.5. The van der Waals surface area contributed by atoms with E-state index < -0.39 is 10.0 Å². The van der Waals surface area contributed by atoms with Gasteiger partial charge in [-0.05, 0) is 43.8 Å². The number of carbonyl (C=O) groups excluding carboxylic acids is 1. The summed E-state index contributed by atoms with van der Waals surface area (Å²) in [5.41, 5.74) is 1.40. The maximum atomic E-state index is 12.6. The molecule has 0 saturated carbocycles. The molecule has 1 saturated heterocycles. The summed E-state index contributed by atoms with van der Waals surface area (Å²) in [6.45, 7) is 4.87. The van der Waals surface area contributed by atoms with Crippen LogP contribution in [0.4, 0.5) is 0 Å². The van der Waals surface area contributed by atoms with Gasteiger partial charge in [-0.2, -0.15) is 0 Å². The van der Waals surface area contributed by atoms with E-state index in [0.717, 1.165) is 18.7 Å². The molecule has 27 heavy (non-hydrogen) atoms. The maximum Gasteiger partial charge on any atom is 0.253 e. The zero-order valence-corrected chi connectivity index (χ0v) is 16.4. The van der Waals surface area contributed by atoms with Crippen molar-refractivity contribution in [1.82, 2.24) is 14.5 Å². The van der Waals surface area contributed by atoms with E-state index in [1.807, 2.05) is 37.4 Å². The van der Waals surface area contributed by atoms with Gasteiger partial charge in [0.15, 0.2) is 0 Å². The Balaban J connectivity index is 1.69. The van der Waals surface area contributed by atoms with Crippen molar-refractivity contribution in [2.24, 2.45) is 0 Å². The van der Waals surface area contributed by atoms with Crippen LogP contribution < -0.4 is 4.72 Å². The molecule has 0 aliphatic carbocycles. The highest BCUT2D eigenvalue weighted by atomic mass is 32.2. The number of hydrogen-bond donors (Lipinski definition) is 1. The second-order valence-corrected chi connectivity index (χ2v) is 8.59. The molecule has 1 amide bonds. The van der Waals surface area contributed by atoms with Crippen LogP contribution in [0.15, 0.2) is 59.5 Å². The molecule has 3 rings (SSSR count). The number of likely N-dealkylation sites (N-methyl/N-ethyl adjacent to an activating group) is 1. The summed E-state index contributed by atoms with van der Waals surface area (Å²) in [7, 11) is -1.63. The quantitative estimate of drug-likeness (QED) is 0.853. The molecule has 1 unspecified atom stereocenters. The van der Waals surface area contributed by atoms with Gasteiger partial charge in [0.2, 0.25) is 10.0 Å². The first-order valence-electron chi connectivity index (χ1n) is 9.02. The number of benzene rings is 2. The molecule has 1 aliphatic rings. The lowest BCUT2D eigenvalue weighted by atomic mass is 10.1. The molecule has 2 aromatic carbocycles. The fraction of sp³-hybridized carbons (Fsp3) is 0.350. The topological polar surface area (TPSA) is 69.7 Å². The normalized spacial score (nSPS) is 16.9. The van der Waals surface area contributed by atoms with Gasteiger partial charge in [-0.1, -0.05) is 30.3 Å². The Bertz CT molecular complexity index is 874. The SMILES string of the molecule is CC(NS(=O)(=O)c1ccc(C(=O)N2CCN(C)CC2)cc1)c1ccccc1. The summed E-state index contributed by atoms with van der Waals surface area (Å²) in [6.07, 6.45) is 0. The van der Waals surface area contributed by atoms with E-state index in [4.69, 9.17) is 0 Å². The monoisotopic (exact) mass is 387 g/mol. The fourth-order valence-corrected chi connectivity index (χ4v) is 4.31. The number of rotatable bonds is 5. The lowest BCUT2D eigenvalue weighted by molar-refractivity contribution is 0.0664. The minimum atomic E-state index is -3.66. The van der Waals surface area contributed by atoms with Crippen molar-refractivity contribution in [3.63, 3.8) is 0 Å². The molecule has 0 radical (unpaired) electrons. The second kappa shape index (κ2) is 8.21. The lowest BCUT2D eigenvalue weighted by Gasteiger charge is -2.32. The van der Waals surface area contributed by atoms with Crippen molar-refractivity contribution >= 4 is 15.9 Å². The minimum Gasteiger partial charge on any atom is -0.336 e. The summed E-state index contributed by atoms with van der Waals surface area (Å²) in [4.78, 5) is 16.7. The van der Waals surface area contributed by atoms with Gasteiger partial charge in [0, 0.05) is 37.8 Å². The van der Waals surface area contributed by atoms with E-state index in [1.165, 1.54) is 12.1 Å². The summed E-state index contributed by atoms with van der Waals surface area (Å²) >= 11 is 0. The third-order valence-electron chi connectivity index (χ3n) is 4.83. The number of hydrogen-bond acceptors (Lipinski definition) is 4. The summed E-state index contributed by atoms with van der Waals surface area (Å²) in [5.74, 6) is -0.0577. The zero-order valence-electron chi connectivity index (χ0n) is 15.6. The van der Waals surface area contributed by atoms with Gasteiger partial charge in [0.25, 0.3) is 5.91 Å². The minimum absolute atomic E-state index is 0.0577. The molecule has 0 aromatic heterocycles. The van der Waals surface area contributed by atoms with E-state index in [-0.39, 0.29) is 16.8 Å². The van der Waals surface area contributed by atoms with Gasteiger partial charge in [-0.15, -0.1) is 0 Å². The molecule has 1 aliphatic heterocycles. The van der Waals surface area contributed by atoms with Crippen LogP contribution in [0.1, 0.15) is 28.9 Å². The average Bonchev–Trinajstić information content (AvgIpc) is 2.68. The van der Waals surface area contributed by atoms with Gasteiger partial charge in [-0.25, -0.2) is 13.1 Å². The van der Waals surface area contributed by atoms with E-state index in [2.05, 4.69) is 9.62 Å². The van der Waals surface area contributed by atoms with Gasteiger partial charge in [0.1, 0.15) is 0 Å². The Morgan fingerprint density at radius 2 is 1.56 bits per heavy atom. The van der Waals surface area contributed by atoms with E-state index in [1.54, 1.807) is 24.0 Å². The van der Waals surface area contributed by atoms with Crippen molar-refractivity contribution in [2.45, 2.75) is 17.9 Å². The van der Waals surface area contributed by atoms with Gasteiger partial charge < -0.3 is 9.80 Å². The largest absolute Gasteiger partial charge is 0.336 e. The van der Waals surface area contributed by atoms with Crippen LogP contribution in [0.25, 0.3) is 0 Å². The smallest absolute Gasteiger partial charge is 0.253 e. The summed E-state index contributed by atoms with van der Waals surface area (Å²) < 4.78 is 27.9. The van der Waals surface area contributed by atoms with E-state index >= 15 is 0 Å². The maximum absolute atomic E-state index is 12.6. The lowest BCUT2D eigenvalue weighted by Crippen LogP contribution is -2.47. The van der Waals surface area contributed by atoms with Gasteiger partial charge in [-0.3, -0.25) is 4.79 Å². The molecule has 1 heterocycles. The van der Waals surface area contributed by atoms with Crippen molar-refractivity contribution < 1.29 is 13.2 Å². The van der Waals surface area contributed by atoms with Crippen molar-refractivity contribution in [3.05, 3.63) is 65.7 Å². The molecular formula is C20H25N3O3S. The zero-order chi connectivity index (χ0) is 19.4. The van der Waals surface area contributed by atoms with Gasteiger partial charge >= 0.3 is 0 Å². The predicted molar refractivity (Wildman–Crippen MR) is 105 cm³/mol. The average molecular weight is 388 g/mol. The molecule has 0 spiro atoms. The number of nitrogens with zero attached hydrogens (tertiary/aromatic N) is 2. The molecule has 6 nitrogen and oxygen atoms in total. The Labute approximate surface area is 160 Å². The Kier molecular flexibility index (Phi) is 5.94. The third-order valence-corrected chi connectivity index (χ3v) is 6.39. The Hall–Kier alpha value is -2.22. The standard InChI is InChI=1S/C20H25N3O3S/c1-16(17-6-4-3-5-7-17)21-27(25,26)19-10-8-18(9-11-19)20(24)23-14-12-22(2)13-15-23/h3-11,16,21H,12-15H2,1-2H3. The summed E-state index contributed by atoms with van der Waals surface area (Å²) in [6, 6.07) is 15.2. The van der Waals surface area contributed by atoms with Crippen LogP contribution in [0.3, 0.4) is 0 Å². The molecule has 0 bridgehead atoms. The van der Waals surface area contributed by atoms with E-state index in [0.29, 0.717) is 18.7 Å². The van der Waals surface area contributed by atoms with Crippen LogP contribution in [0, 0.1) is 0 Å². The second-order valence-electron chi connectivity index (χ2n) is 6.87. The first kappa shape index (κ1) is 19.5. The predicted octanol–water partition coefficient (Wildman–Crippen LogP) is 2.11. The number of amides is 1. The van der Waals surface area contributed by atoms with Crippen molar-refractivity contribution in [3.8, 4) is 0 Å². The number of carbonyl (C=O) groups is 1. The van der Waals surface area contributed by atoms with Gasteiger partial charge in [0.05, 0.1) is 4.90 Å². The Morgan fingerprint density at radius 3 is 2.15 bits per heavy atom. The molecule has 7 heteroatoms. The molecular weight excluding hydrogens is 362 g/mol. The van der Waals surface area contributed by atoms with Crippen molar-refractivity contribution in [2.75, 3.05) is 33.2 Å². The van der Waals surface area contributed by atoms with E-state index in [9.17, 15) is 13.2 Å². The fourth-order valence-electron chi connectivity index (χ4n) is 3.08. The highest BCUT2D eigenvalue weighted by Crippen LogP contribution is 2.18. The van der Waals surface area contributed by atoms with Crippen LogP contribution in [-0.4, -0.2) is 57.4 Å². The van der Waals surface area contributed by atoms with Crippen LogP contribution in [-0.2, 0) is 10.0 Å².